The van der Waals surface area contributed by atoms with Crippen molar-refractivity contribution < 1.29 is 0 Å². The molecular formula is C16H20ClN3. The van der Waals surface area contributed by atoms with Crippen LogP contribution in [0.5, 0.6) is 0 Å². The first kappa shape index (κ1) is 15.0. The Morgan fingerprint density at radius 1 is 1.25 bits per heavy atom. The highest BCUT2D eigenvalue weighted by atomic mass is 35.5. The number of pyridine rings is 1. The maximum Gasteiger partial charge on any atom is 0.0646 e. The number of benzene rings is 1. The van der Waals surface area contributed by atoms with E-state index in [1.54, 1.807) is 6.20 Å². The summed E-state index contributed by atoms with van der Waals surface area (Å²) in [6.07, 6.45) is 1.80. The fourth-order valence-electron chi connectivity index (χ4n) is 2.34. The molecule has 1 heterocycles. The minimum absolute atomic E-state index is 0.0881. The molecular weight excluding hydrogens is 270 g/mol. The van der Waals surface area contributed by atoms with Crippen molar-refractivity contribution in [3.63, 3.8) is 0 Å². The van der Waals surface area contributed by atoms with E-state index in [0.29, 0.717) is 6.54 Å². The van der Waals surface area contributed by atoms with Gasteiger partial charge < -0.3 is 5.73 Å². The summed E-state index contributed by atoms with van der Waals surface area (Å²) < 4.78 is 0. The number of aromatic nitrogens is 1. The van der Waals surface area contributed by atoms with E-state index >= 15 is 0 Å². The zero-order valence-electron chi connectivity index (χ0n) is 11.8. The van der Waals surface area contributed by atoms with Gasteiger partial charge in [-0.3, -0.25) is 9.88 Å². The topological polar surface area (TPSA) is 42.1 Å². The first-order chi connectivity index (χ1) is 9.63. The molecule has 0 saturated carbocycles. The summed E-state index contributed by atoms with van der Waals surface area (Å²) in [5.41, 5.74) is 8.11. The van der Waals surface area contributed by atoms with Gasteiger partial charge in [0.1, 0.15) is 0 Å². The minimum Gasteiger partial charge on any atom is -0.329 e. The smallest absolute Gasteiger partial charge is 0.0646 e. The molecule has 106 valence electrons. The van der Waals surface area contributed by atoms with Gasteiger partial charge in [-0.1, -0.05) is 29.8 Å². The van der Waals surface area contributed by atoms with Crippen LogP contribution >= 0.6 is 11.6 Å². The number of hydrogen-bond acceptors (Lipinski definition) is 3. The van der Waals surface area contributed by atoms with Gasteiger partial charge in [-0.25, -0.2) is 0 Å². The quantitative estimate of drug-likeness (QED) is 0.917. The molecule has 1 aromatic heterocycles. The number of hydrogen-bond donors (Lipinski definition) is 1. The molecule has 2 N–H and O–H groups in total. The van der Waals surface area contributed by atoms with E-state index in [4.69, 9.17) is 17.3 Å². The van der Waals surface area contributed by atoms with Gasteiger partial charge in [0.2, 0.25) is 0 Å². The van der Waals surface area contributed by atoms with Crippen LogP contribution in [0, 0.1) is 0 Å². The summed E-state index contributed by atoms with van der Waals surface area (Å²) in [4.78, 5) is 6.65. The van der Waals surface area contributed by atoms with Crippen LogP contribution in [0.4, 0.5) is 0 Å². The van der Waals surface area contributed by atoms with E-state index in [1.165, 1.54) is 5.56 Å². The minimum atomic E-state index is 0.0881. The fraction of sp³-hybridized carbons (Fsp3) is 0.312. The monoisotopic (exact) mass is 289 g/mol. The van der Waals surface area contributed by atoms with E-state index in [9.17, 15) is 0 Å². The predicted molar refractivity (Wildman–Crippen MR) is 83.7 cm³/mol. The molecule has 2 rings (SSSR count). The second-order valence-electron chi connectivity index (χ2n) is 4.90. The summed E-state index contributed by atoms with van der Waals surface area (Å²) in [5.74, 6) is 0. The van der Waals surface area contributed by atoms with Crippen LogP contribution in [0.2, 0.25) is 5.02 Å². The SMILES string of the molecule is CC(c1cccc(Cl)c1)N(C)C(CN)c1ccccn1. The van der Waals surface area contributed by atoms with E-state index in [0.717, 1.165) is 10.7 Å². The molecule has 0 bridgehead atoms. The number of likely N-dealkylation sites (N-methyl/N-ethyl adjacent to an activating group) is 1. The molecule has 0 aliphatic rings. The lowest BCUT2D eigenvalue weighted by atomic mass is 10.0. The van der Waals surface area contributed by atoms with Gasteiger partial charge in [0, 0.05) is 23.8 Å². The number of nitrogens with two attached hydrogens (primary N) is 1. The van der Waals surface area contributed by atoms with E-state index in [-0.39, 0.29) is 12.1 Å². The molecule has 2 aromatic rings. The van der Waals surface area contributed by atoms with Gasteiger partial charge in [0.15, 0.2) is 0 Å². The third kappa shape index (κ3) is 3.37. The van der Waals surface area contributed by atoms with Gasteiger partial charge in [-0.2, -0.15) is 0 Å². The van der Waals surface area contributed by atoms with Crippen molar-refractivity contribution in [3.8, 4) is 0 Å². The molecule has 2 atom stereocenters. The predicted octanol–water partition coefficient (Wildman–Crippen LogP) is 3.43. The molecule has 0 fully saturated rings. The van der Waals surface area contributed by atoms with Crippen LogP contribution in [0.15, 0.2) is 48.7 Å². The highest BCUT2D eigenvalue weighted by Crippen LogP contribution is 2.28. The molecule has 20 heavy (non-hydrogen) atoms. The van der Waals surface area contributed by atoms with Crippen LogP contribution in [0.3, 0.4) is 0 Å². The van der Waals surface area contributed by atoms with Crippen LogP contribution in [-0.2, 0) is 0 Å². The van der Waals surface area contributed by atoms with E-state index in [2.05, 4.69) is 29.9 Å². The first-order valence-corrected chi connectivity index (χ1v) is 7.09. The highest BCUT2D eigenvalue weighted by Gasteiger charge is 2.22. The van der Waals surface area contributed by atoms with Gasteiger partial charge in [-0.15, -0.1) is 0 Å². The Bertz CT molecular complexity index is 544. The second kappa shape index (κ2) is 6.84. The molecule has 0 saturated heterocycles. The van der Waals surface area contributed by atoms with Gasteiger partial charge in [0.25, 0.3) is 0 Å². The van der Waals surface area contributed by atoms with Crippen LogP contribution < -0.4 is 5.73 Å². The average molecular weight is 290 g/mol. The second-order valence-corrected chi connectivity index (χ2v) is 5.34. The fourth-order valence-corrected chi connectivity index (χ4v) is 2.54. The summed E-state index contributed by atoms with van der Waals surface area (Å²) in [6.45, 7) is 2.68. The third-order valence-electron chi connectivity index (χ3n) is 3.69. The first-order valence-electron chi connectivity index (χ1n) is 6.72. The average Bonchev–Trinajstić information content (AvgIpc) is 2.48. The maximum absolute atomic E-state index is 6.07. The van der Waals surface area contributed by atoms with Crippen molar-refractivity contribution in [1.82, 2.24) is 9.88 Å². The molecule has 4 heteroatoms. The zero-order valence-corrected chi connectivity index (χ0v) is 12.6. The molecule has 3 nitrogen and oxygen atoms in total. The third-order valence-corrected chi connectivity index (χ3v) is 3.92. The molecule has 0 amide bonds. The molecule has 2 unspecified atom stereocenters. The standard InChI is InChI=1S/C16H20ClN3/c1-12(13-6-5-7-14(17)10-13)20(2)16(11-18)15-8-3-4-9-19-15/h3-10,12,16H,11,18H2,1-2H3. The lowest BCUT2D eigenvalue weighted by Crippen LogP contribution is -2.33. The van der Waals surface area contributed by atoms with Crippen molar-refractivity contribution in [2.75, 3.05) is 13.6 Å². The van der Waals surface area contributed by atoms with Crippen LogP contribution in [0.1, 0.15) is 30.3 Å². The Morgan fingerprint density at radius 2 is 2.05 bits per heavy atom. The Morgan fingerprint density at radius 3 is 2.65 bits per heavy atom. The van der Waals surface area contributed by atoms with Crippen molar-refractivity contribution in [2.24, 2.45) is 5.73 Å². The van der Waals surface area contributed by atoms with Gasteiger partial charge >= 0.3 is 0 Å². The van der Waals surface area contributed by atoms with Crippen molar-refractivity contribution >= 4 is 11.6 Å². The Hall–Kier alpha value is -1.42. The van der Waals surface area contributed by atoms with Crippen molar-refractivity contribution in [3.05, 3.63) is 64.9 Å². The number of nitrogens with zero attached hydrogens (tertiary/aromatic N) is 2. The van der Waals surface area contributed by atoms with Gasteiger partial charge in [0.05, 0.1) is 11.7 Å². The number of rotatable bonds is 5. The van der Waals surface area contributed by atoms with Crippen LogP contribution in [-0.4, -0.2) is 23.5 Å². The van der Waals surface area contributed by atoms with Crippen molar-refractivity contribution in [1.29, 1.82) is 0 Å². The normalized spacial score (nSPS) is 14.2. The maximum atomic E-state index is 6.07. The number of halogens is 1. The molecule has 0 aliphatic carbocycles. The zero-order chi connectivity index (χ0) is 14.5. The summed E-state index contributed by atoms with van der Waals surface area (Å²) in [7, 11) is 2.07. The molecule has 1 aromatic carbocycles. The Kier molecular flexibility index (Phi) is 5.12. The van der Waals surface area contributed by atoms with Crippen LogP contribution in [0.25, 0.3) is 0 Å². The van der Waals surface area contributed by atoms with Gasteiger partial charge in [-0.05, 0) is 43.8 Å². The summed E-state index contributed by atoms with van der Waals surface area (Å²) in [6, 6.07) is 14.2. The molecule has 0 aliphatic heterocycles. The Labute approximate surface area is 125 Å². The van der Waals surface area contributed by atoms with E-state index < -0.39 is 0 Å². The van der Waals surface area contributed by atoms with Crippen molar-refractivity contribution in [2.45, 2.75) is 19.0 Å². The largest absolute Gasteiger partial charge is 0.329 e. The summed E-state index contributed by atoms with van der Waals surface area (Å²) in [5, 5.41) is 0.755. The van der Waals surface area contributed by atoms with E-state index in [1.807, 2.05) is 36.4 Å². The molecule has 0 radical (unpaired) electrons. The molecule has 0 spiro atoms. The Balaban J connectivity index is 2.22. The lowest BCUT2D eigenvalue weighted by molar-refractivity contribution is 0.187. The highest BCUT2D eigenvalue weighted by molar-refractivity contribution is 6.30. The summed E-state index contributed by atoms with van der Waals surface area (Å²) >= 11 is 6.07. The lowest BCUT2D eigenvalue weighted by Gasteiger charge is -2.32.